The lowest BCUT2D eigenvalue weighted by atomic mass is 9.82. The zero-order valence-electron chi connectivity index (χ0n) is 12.6. The molecule has 0 fully saturated rings. The van der Waals surface area contributed by atoms with Gasteiger partial charge < -0.3 is 0 Å². The second-order valence-corrected chi connectivity index (χ2v) is 6.44. The van der Waals surface area contributed by atoms with E-state index in [0.29, 0.717) is 0 Å². The second-order valence-electron chi connectivity index (χ2n) is 6.44. The first-order valence-electron chi connectivity index (χ1n) is 7.47. The molecule has 0 radical (unpaired) electrons. The van der Waals surface area contributed by atoms with E-state index in [-0.39, 0.29) is 2.85 Å². The average molecular weight is 230 g/mol. The largest absolute Gasteiger partial charge is 0.0651 e. The van der Waals surface area contributed by atoms with E-state index in [9.17, 15) is 0 Å². The van der Waals surface area contributed by atoms with Crippen molar-refractivity contribution in [2.24, 2.45) is 23.7 Å². The van der Waals surface area contributed by atoms with Gasteiger partial charge in [-0.15, -0.1) is 0 Å². The zero-order valence-corrected chi connectivity index (χ0v) is 12.6. The molecule has 0 heteroatoms. The van der Waals surface area contributed by atoms with Crippen LogP contribution in [0.3, 0.4) is 0 Å². The van der Waals surface area contributed by atoms with Crippen LogP contribution < -0.4 is 0 Å². The lowest BCUT2D eigenvalue weighted by Crippen LogP contribution is -2.12. The van der Waals surface area contributed by atoms with Crippen LogP contribution in [0.25, 0.3) is 0 Å². The van der Waals surface area contributed by atoms with Gasteiger partial charge in [0.15, 0.2) is 0 Å². The summed E-state index contributed by atoms with van der Waals surface area (Å²) in [5.41, 5.74) is 0. The molecule has 0 heterocycles. The summed E-state index contributed by atoms with van der Waals surface area (Å²) < 4.78 is 0. The van der Waals surface area contributed by atoms with Crippen LogP contribution in [0.2, 0.25) is 0 Å². The molecule has 0 saturated carbocycles. The first-order valence-corrected chi connectivity index (χ1v) is 7.47. The van der Waals surface area contributed by atoms with Crippen molar-refractivity contribution in [2.45, 2.75) is 80.1 Å². The van der Waals surface area contributed by atoms with E-state index in [1.54, 1.807) is 0 Å². The SMILES string of the molecule is CCC(CCCC(C)C)C(C)CCC(C)C.[HH].[HH]. The molecular weight excluding hydrogens is 192 g/mol. The molecule has 0 rings (SSSR count). The molecule has 0 amide bonds. The van der Waals surface area contributed by atoms with Crippen molar-refractivity contribution in [2.75, 3.05) is 0 Å². The smallest absolute Gasteiger partial charge is 0 e. The van der Waals surface area contributed by atoms with Gasteiger partial charge >= 0.3 is 0 Å². The first kappa shape index (κ1) is 16.0. The van der Waals surface area contributed by atoms with Crippen molar-refractivity contribution in [1.82, 2.24) is 0 Å². The maximum atomic E-state index is 2.46. The summed E-state index contributed by atoms with van der Waals surface area (Å²) in [6.45, 7) is 14.2. The lowest BCUT2D eigenvalue weighted by Gasteiger charge is -2.23. The van der Waals surface area contributed by atoms with Gasteiger partial charge in [-0.1, -0.05) is 80.1 Å². The van der Waals surface area contributed by atoms with Gasteiger partial charge in [0.1, 0.15) is 0 Å². The Labute approximate surface area is 107 Å². The summed E-state index contributed by atoms with van der Waals surface area (Å²) in [4.78, 5) is 0. The highest BCUT2D eigenvalue weighted by Gasteiger charge is 2.15. The topological polar surface area (TPSA) is 0 Å². The molecule has 0 bridgehead atoms. The van der Waals surface area contributed by atoms with E-state index in [4.69, 9.17) is 0 Å². The van der Waals surface area contributed by atoms with E-state index in [1.165, 1.54) is 38.5 Å². The Kier molecular flexibility index (Phi) is 9.07. The molecule has 0 nitrogen and oxygen atoms in total. The molecule has 0 spiro atoms. The molecule has 0 N–H and O–H groups in total. The molecule has 0 aromatic heterocycles. The average Bonchev–Trinajstić information content (AvgIpc) is 2.20. The number of hydrogen-bond acceptors (Lipinski definition) is 0. The fourth-order valence-electron chi connectivity index (χ4n) is 2.51. The van der Waals surface area contributed by atoms with Crippen molar-refractivity contribution in [1.29, 1.82) is 0 Å². The van der Waals surface area contributed by atoms with Gasteiger partial charge in [-0.3, -0.25) is 0 Å². The fraction of sp³-hybridized carbons (Fsp3) is 1.00. The molecule has 102 valence electrons. The van der Waals surface area contributed by atoms with Gasteiger partial charge in [0.25, 0.3) is 0 Å². The quantitative estimate of drug-likeness (QED) is 0.430. The van der Waals surface area contributed by atoms with Crippen LogP contribution in [0, 0.1) is 23.7 Å². The summed E-state index contributed by atoms with van der Waals surface area (Å²) in [6, 6.07) is 0. The van der Waals surface area contributed by atoms with E-state index in [1.807, 2.05) is 0 Å². The molecule has 0 aromatic rings. The van der Waals surface area contributed by atoms with Crippen molar-refractivity contribution >= 4 is 0 Å². The molecule has 0 aliphatic heterocycles. The van der Waals surface area contributed by atoms with Gasteiger partial charge in [0.05, 0.1) is 0 Å². The molecule has 0 aromatic carbocycles. The number of hydrogen-bond donors (Lipinski definition) is 0. The van der Waals surface area contributed by atoms with Crippen LogP contribution in [0.4, 0.5) is 0 Å². The third-order valence-electron chi connectivity index (χ3n) is 3.88. The number of rotatable bonds is 9. The zero-order chi connectivity index (χ0) is 12.6. The second kappa shape index (κ2) is 9.07. The Morgan fingerprint density at radius 1 is 0.750 bits per heavy atom. The van der Waals surface area contributed by atoms with Crippen molar-refractivity contribution in [3.63, 3.8) is 0 Å². The van der Waals surface area contributed by atoms with Crippen molar-refractivity contribution in [3.8, 4) is 0 Å². The van der Waals surface area contributed by atoms with Crippen LogP contribution in [0.5, 0.6) is 0 Å². The highest BCUT2D eigenvalue weighted by Crippen LogP contribution is 2.27. The summed E-state index contributed by atoms with van der Waals surface area (Å²) in [7, 11) is 0. The predicted molar refractivity (Wildman–Crippen MR) is 79.9 cm³/mol. The minimum atomic E-state index is 0. The van der Waals surface area contributed by atoms with E-state index >= 15 is 0 Å². The first-order chi connectivity index (χ1) is 7.47. The summed E-state index contributed by atoms with van der Waals surface area (Å²) in [6.07, 6.45) is 8.50. The Balaban J connectivity index is -0.00000112. The Bertz CT molecular complexity index is 155. The van der Waals surface area contributed by atoms with Gasteiger partial charge in [0, 0.05) is 2.85 Å². The Morgan fingerprint density at radius 3 is 1.75 bits per heavy atom. The molecule has 2 atom stereocenters. The minimum Gasteiger partial charge on any atom is -0.0651 e. The monoisotopic (exact) mass is 230 g/mol. The molecule has 2 unspecified atom stereocenters. The normalized spacial score (nSPS) is 15.8. The van der Waals surface area contributed by atoms with Crippen LogP contribution in [0.15, 0.2) is 0 Å². The highest BCUT2D eigenvalue weighted by molar-refractivity contribution is 4.67. The fourth-order valence-corrected chi connectivity index (χ4v) is 2.51. The van der Waals surface area contributed by atoms with Gasteiger partial charge in [0.2, 0.25) is 0 Å². The van der Waals surface area contributed by atoms with Crippen LogP contribution in [0.1, 0.15) is 82.9 Å². The summed E-state index contributed by atoms with van der Waals surface area (Å²) in [5, 5.41) is 0. The maximum Gasteiger partial charge on any atom is 0 e. The molecule has 16 heavy (non-hydrogen) atoms. The van der Waals surface area contributed by atoms with Crippen LogP contribution >= 0.6 is 0 Å². The summed E-state index contributed by atoms with van der Waals surface area (Å²) in [5.74, 6) is 3.65. The van der Waals surface area contributed by atoms with Crippen LogP contribution in [-0.2, 0) is 0 Å². The van der Waals surface area contributed by atoms with E-state index in [0.717, 1.165) is 23.7 Å². The highest BCUT2D eigenvalue weighted by atomic mass is 14.2. The van der Waals surface area contributed by atoms with Gasteiger partial charge in [-0.05, 0) is 23.7 Å². The lowest BCUT2D eigenvalue weighted by molar-refractivity contribution is 0.280. The third-order valence-corrected chi connectivity index (χ3v) is 3.88. The standard InChI is InChI=1S/C16H34.2H2/c1-7-16(10-8-9-13(2)3)15(6)12-11-14(4)5;;/h13-16H,7-12H2,1-6H3;2*1H. The van der Waals surface area contributed by atoms with Crippen molar-refractivity contribution in [3.05, 3.63) is 0 Å². The molecule has 0 aliphatic carbocycles. The van der Waals surface area contributed by atoms with E-state index in [2.05, 4.69) is 41.5 Å². The Hall–Kier alpha value is 0. The molecule has 0 saturated heterocycles. The summed E-state index contributed by atoms with van der Waals surface area (Å²) >= 11 is 0. The third kappa shape index (κ3) is 8.19. The Morgan fingerprint density at radius 2 is 1.31 bits per heavy atom. The van der Waals surface area contributed by atoms with E-state index < -0.39 is 0 Å². The van der Waals surface area contributed by atoms with Gasteiger partial charge in [-0.2, -0.15) is 0 Å². The molecular formula is C16H38. The van der Waals surface area contributed by atoms with Crippen molar-refractivity contribution < 1.29 is 2.85 Å². The maximum absolute atomic E-state index is 2.46. The minimum absolute atomic E-state index is 0. The predicted octanol–water partition coefficient (Wildman–Crippen LogP) is 6.40. The molecule has 0 aliphatic rings. The van der Waals surface area contributed by atoms with Crippen LogP contribution in [-0.4, -0.2) is 0 Å². The van der Waals surface area contributed by atoms with Gasteiger partial charge in [-0.25, -0.2) is 0 Å².